The molecule has 3 fully saturated rings. The van der Waals surface area contributed by atoms with E-state index in [2.05, 4.69) is 5.32 Å². The molecule has 0 bridgehead atoms. The summed E-state index contributed by atoms with van der Waals surface area (Å²) in [4.78, 5) is 18.5. The number of benzene rings is 2. The van der Waals surface area contributed by atoms with Gasteiger partial charge in [0.15, 0.2) is 12.6 Å². The lowest BCUT2D eigenvalue weighted by molar-refractivity contribution is -0.285. The molecule has 2 aromatic rings. The number of rotatable bonds is 12. The van der Waals surface area contributed by atoms with Crippen molar-refractivity contribution in [3.63, 3.8) is 0 Å². The third-order valence-electron chi connectivity index (χ3n) is 8.63. The monoisotopic (exact) mass is 710 g/mol. The van der Waals surface area contributed by atoms with Crippen LogP contribution in [0.15, 0.2) is 60.7 Å². The van der Waals surface area contributed by atoms with E-state index in [1.165, 1.54) is 0 Å². The van der Waals surface area contributed by atoms with Gasteiger partial charge in [0.05, 0.1) is 25.4 Å². The molecule has 50 heavy (non-hydrogen) atoms. The third kappa shape index (κ3) is 12.6. The van der Waals surface area contributed by atoms with Crippen molar-refractivity contribution >= 4 is 12.9 Å². The Labute approximate surface area is 290 Å². The first-order chi connectivity index (χ1) is 24.1. The molecule has 0 spiro atoms. The van der Waals surface area contributed by atoms with E-state index in [0.29, 0.717) is 6.54 Å². The van der Waals surface area contributed by atoms with Crippen molar-refractivity contribution in [2.75, 3.05) is 45.9 Å². The van der Waals surface area contributed by atoms with Crippen molar-refractivity contribution in [1.82, 2.24) is 10.2 Å². The zero-order chi connectivity index (χ0) is 36.5. The van der Waals surface area contributed by atoms with Crippen LogP contribution in [0.4, 0.5) is 0 Å². The van der Waals surface area contributed by atoms with Crippen LogP contribution in [0.1, 0.15) is 36.5 Å². The molecule has 0 saturated carbocycles. The number of aliphatic hydroxyl groups excluding tert-OH is 6. The molecule has 2 aromatic carbocycles. The van der Waals surface area contributed by atoms with Gasteiger partial charge in [-0.05, 0) is 31.8 Å². The Morgan fingerprint density at radius 1 is 0.700 bits per heavy atom. The van der Waals surface area contributed by atoms with Crippen molar-refractivity contribution in [1.29, 1.82) is 0 Å². The predicted octanol–water partition coefficient (Wildman–Crippen LogP) is -0.917. The van der Waals surface area contributed by atoms with Crippen LogP contribution in [0.2, 0.25) is 0 Å². The highest BCUT2D eigenvalue weighted by molar-refractivity contribution is 5.33. The molecule has 0 aliphatic carbocycles. The number of aliphatic hydroxyl groups is 6. The fourth-order valence-corrected chi connectivity index (χ4v) is 6.13. The van der Waals surface area contributed by atoms with E-state index in [0.717, 1.165) is 37.1 Å². The highest BCUT2D eigenvalue weighted by Gasteiger charge is 2.42. The van der Waals surface area contributed by atoms with E-state index in [1.54, 1.807) is 4.90 Å². The largest absolute Gasteiger partial charge is 0.483 e. The Morgan fingerprint density at radius 3 is 1.46 bits per heavy atom. The molecule has 280 valence electrons. The molecule has 5 rings (SSSR count). The van der Waals surface area contributed by atoms with Crippen LogP contribution in [0, 0.1) is 5.92 Å². The van der Waals surface area contributed by atoms with Gasteiger partial charge in [0.1, 0.15) is 36.6 Å². The maximum absolute atomic E-state index is 11.2. The molecule has 16 nitrogen and oxygen atoms in total. The fraction of sp³-hybridized carbons (Fsp3) is 0.588. The summed E-state index contributed by atoms with van der Waals surface area (Å²) in [6.45, 7) is 1.44. The molecule has 10 atom stereocenters. The SMILES string of the molecule is O=CO.O=CO.O[C@@H]([C@@H]1OC(c2ccccc2)OC[C@H]1O)[C@@H](O)CN(CC1CCNCC1)C[C@H](O)[C@@H](O)[C@@H]1OC(c2ccccc2)OC[C@H]1O. The molecular weight excluding hydrogens is 660 g/mol. The van der Waals surface area contributed by atoms with Gasteiger partial charge in [-0.25, -0.2) is 0 Å². The topological polar surface area (TPSA) is 248 Å². The summed E-state index contributed by atoms with van der Waals surface area (Å²) in [7, 11) is 0. The summed E-state index contributed by atoms with van der Waals surface area (Å²) in [6, 6.07) is 18.3. The third-order valence-corrected chi connectivity index (χ3v) is 8.63. The minimum Gasteiger partial charge on any atom is -0.483 e. The van der Waals surface area contributed by atoms with E-state index in [1.807, 2.05) is 60.7 Å². The number of hydrogen-bond donors (Lipinski definition) is 9. The Hall–Kier alpha value is -3.10. The molecule has 3 aliphatic heterocycles. The van der Waals surface area contributed by atoms with Gasteiger partial charge in [-0.15, -0.1) is 0 Å². The second kappa shape index (κ2) is 22.0. The fourth-order valence-electron chi connectivity index (χ4n) is 6.13. The van der Waals surface area contributed by atoms with Crippen LogP contribution in [0.3, 0.4) is 0 Å². The Balaban J connectivity index is 0.00000105. The number of ether oxygens (including phenoxy) is 4. The van der Waals surface area contributed by atoms with Crippen molar-refractivity contribution in [3.05, 3.63) is 71.8 Å². The van der Waals surface area contributed by atoms with Gasteiger partial charge in [0.25, 0.3) is 12.9 Å². The first-order valence-corrected chi connectivity index (χ1v) is 16.4. The van der Waals surface area contributed by atoms with Crippen molar-refractivity contribution in [3.8, 4) is 0 Å². The number of carboxylic acid groups (broad SMARTS) is 2. The molecule has 2 unspecified atom stereocenters. The summed E-state index contributed by atoms with van der Waals surface area (Å²) in [5.41, 5.74) is 1.45. The van der Waals surface area contributed by atoms with Gasteiger partial charge in [-0.2, -0.15) is 0 Å². The van der Waals surface area contributed by atoms with E-state index in [-0.39, 0.29) is 45.2 Å². The Bertz CT molecular complexity index is 1130. The molecular formula is C34H50N2O14. The Morgan fingerprint density at radius 2 is 1.08 bits per heavy atom. The average molecular weight is 711 g/mol. The number of hydrogen-bond acceptors (Lipinski definition) is 14. The summed E-state index contributed by atoms with van der Waals surface area (Å²) in [5, 5.41) is 82.9. The number of nitrogens with zero attached hydrogens (tertiary/aromatic N) is 1. The highest BCUT2D eigenvalue weighted by Crippen LogP contribution is 2.30. The summed E-state index contributed by atoms with van der Waals surface area (Å²) in [6.07, 6.45) is -9.95. The second-order valence-corrected chi connectivity index (χ2v) is 12.2. The summed E-state index contributed by atoms with van der Waals surface area (Å²) in [5.74, 6) is 0.268. The van der Waals surface area contributed by atoms with Crippen molar-refractivity contribution < 1.29 is 69.4 Å². The molecule has 9 N–H and O–H groups in total. The lowest BCUT2D eigenvalue weighted by atomic mass is 9.95. The lowest BCUT2D eigenvalue weighted by Gasteiger charge is -2.41. The number of carbonyl (C=O) groups is 2. The average Bonchev–Trinajstić information content (AvgIpc) is 3.13. The van der Waals surface area contributed by atoms with E-state index in [4.69, 9.17) is 38.7 Å². The highest BCUT2D eigenvalue weighted by atomic mass is 16.7. The molecule has 3 aliphatic rings. The predicted molar refractivity (Wildman–Crippen MR) is 175 cm³/mol. The van der Waals surface area contributed by atoms with Crippen LogP contribution in [-0.2, 0) is 28.5 Å². The first-order valence-electron chi connectivity index (χ1n) is 16.4. The smallest absolute Gasteiger partial charge is 0.290 e. The minimum atomic E-state index is -1.45. The molecule has 3 saturated heterocycles. The van der Waals surface area contributed by atoms with Crippen LogP contribution >= 0.6 is 0 Å². The van der Waals surface area contributed by atoms with E-state index < -0.39 is 61.4 Å². The van der Waals surface area contributed by atoms with Crippen LogP contribution in [0.25, 0.3) is 0 Å². The summed E-state index contributed by atoms with van der Waals surface area (Å²) < 4.78 is 23.0. The number of piperidine rings is 1. The lowest BCUT2D eigenvalue weighted by Crippen LogP contribution is -2.56. The quantitative estimate of drug-likeness (QED) is 0.121. The normalized spacial score (nSPS) is 28.1. The first kappa shape index (κ1) is 41.3. The zero-order valence-corrected chi connectivity index (χ0v) is 27.6. The van der Waals surface area contributed by atoms with Gasteiger partial charge >= 0.3 is 0 Å². The minimum absolute atomic E-state index is 0.0534. The molecule has 3 heterocycles. The van der Waals surface area contributed by atoms with Gasteiger partial charge in [-0.1, -0.05) is 60.7 Å². The van der Waals surface area contributed by atoms with Gasteiger partial charge in [-0.3, -0.25) is 14.5 Å². The van der Waals surface area contributed by atoms with E-state index in [9.17, 15) is 30.6 Å². The van der Waals surface area contributed by atoms with Crippen LogP contribution < -0.4 is 5.32 Å². The maximum Gasteiger partial charge on any atom is 0.290 e. The van der Waals surface area contributed by atoms with Crippen LogP contribution in [-0.4, -0.2) is 153 Å². The zero-order valence-electron chi connectivity index (χ0n) is 27.6. The van der Waals surface area contributed by atoms with Crippen LogP contribution in [0.5, 0.6) is 0 Å². The maximum atomic E-state index is 11.2. The Kier molecular flexibility index (Phi) is 18.2. The molecule has 16 heteroatoms. The van der Waals surface area contributed by atoms with Gasteiger partial charge in [0, 0.05) is 30.8 Å². The molecule has 0 radical (unpaired) electrons. The second-order valence-electron chi connectivity index (χ2n) is 12.2. The van der Waals surface area contributed by atoms with Crippen molar-refractivity contribution in [2.24, 2.45) is 5.92 Å². The van der Waals surface area contributed by atoms with Gasteiger partial charge in [0.2, 0.25) is 0 Å². The van der Waals surface area contributed by atoms with Gasteiger partial charge < -0.3 is 65.1 Å². The number of nitrogens with one attached hydrogen (secondary N) is 1. The van der Waals surface area contributed by atoms with Crippen molar-refractivity contribution in [2.45, 2.75) is 74.3 Å². The standard InChI is InChI=1S/C32H46N2O10.2CH2O2/c35-23(27(39)29-25(37)18-41-31(43-29)21-7-3-1-4-8-21)16-34(15-20-11-13-33-14-12-20)17-24(36)28(40)30-26(38)19-42-32(44-30)22-9-5-2-6-10-22;2*2-1-3/h1-10,20,23-33,35-40H,11-19H2;2*1H,(H,2,3)/t23-,24-,25+,26+,27+,28+,29+,30+,31?,32?;;/m0../s1. The molecule has 0 aromatic heterocycles. The summed E-state index contributed by atoms with van der Waals surface area (Å²) >= 11 is 0. The van der Waals surface area contributed by atoms with E-state index >= 15 is 0 Å². The molecule has 0 amide bonds.